The number of hydrogen-bond donors (Lipinski definition) is 1. The summed E-state index contributed by atoms with van der Waals surface area (Å²) in [6.07, 6.45) is 2.49. The molecule has 0 aliphatic heterocycles. The maximum atomic E-state index is 5.37. The van der Waals surface area contributed by atoms with Gasteiger partial charge in [-0.15, -0.1) is 0 Å². The fraction of sp³-hybridized carbons (Fsp3) is 0.786. The van der Waals surface area contributed by atoms with Gasteiger partial charge in [0.05, 0.1) is 12.2 Å². The molecule has 1 N–H and O–H groups in total. The lowest BCUT2D eigenvalue weighted by Crippen LogP contribution is -2.28. The summed E-state index contributed by atoms with van der Waals surface area (Å²) >= 11 is 0. The van der Waals surface area contributed by atoms with Crippen LogP contribution in [-0.2, 0) is 13.1 Å². The maximum absolute atomic E-state index is 5.37. The average Bonchev–Trinajstić information content (AvgIpc) is 2.82. The predicted octanol–water partition coefficient (Wildman–Crippen LogP) is 2.65. The van der Waals surface area contributed by atoms with Gasteiger partial charge in [-0.3, -0.25) is 4.90 Å². The summed E-state index contributed by atoms with van der Waals surface area (Å²) in [5, 5.41) is 7.13. The van der Waals surface area contributed by atoms with Crippen LogP contribution in [0.2, 0.25) is 0 Å². The van der Waals surface area contributed by atoms with Crippen LogP contribution in [0.3, 0.4) is 0 Å². The van der Waals surface area contributed by atoms with Crippen molar-refractivity contribution in [1.82, 2.24) is 15.4 Å². The van der Waals surface area contributed by atoms with Gasteiger partial charge in [0.1, 0.15) is 0 Å². The van der Waals surface area contributed by atoms with Crippen molar-refractivity contribution in [2.45, 2.75) is 46.7 Å². The van der Waals surface area contributed by atoms with Gasteiger partial charge in [-0.1, -0.05) is 38.8 Å². The topological polar surface area (TPSA) is 41.3 Å². The molecule has 0 spiro atoms. The van der Waals surface area contributed by atoms with Crippen molar-refractivity contribution in [1.29, 1.82) is 0 Å². The molecule has 4 nitrogen and oxygen atoms in total. The molecule has 1 rings (SSSR count). The third kappa shape index (κ3) is 4.78. The van der Waals surface area contributed by atoms with Gasteiger partial charge in [0.15, 0.2) is 5.76 Å². The number of rotatable bonds is 9. The SMILES string of the molecule is CCC(CC)CN(CC)Cc1cc(CNC)no1. The van der Waals surface area contributed by atoms with Crippen molar-refractivity contribution in [3.63, 3.8) is 0 Å². The Morgan fingerprint density at radius 3 is 2.61 bits per heavy atom. The van der Waals surface area contributed by atoms with E-state index in [9.17, 15) is 0 Å². The zero-order chi connectivity index (χ0) is 13.4. The predicted molar refractivity (Wildman–Crippen MR) is 74.3 cm³/mol. The first-order valence-corrected chi connectivity index (χ1v) is 7.04. The molecule has 0 aliphatic carbocycles. The highest BCUT2D eigenvalue weighted by molar-refractivity contribution is 5.05. The molecule has 0 unspecified atom stereocenters. The minimum Gasteiger partial charge on any atom is -0.360 e. The number of nitrogens with zero attached hydrogens (tertiary/aromatic N) is 2. The molecule has 0 atom stereocenters. The molecule has 0 saturated heterocycles. The van der Waals surface area contributed by atoms with Crippen LogP contribution in [0.5, 0.6) is 0 Å². The molecule has 0 aliphatic rings. The van der Waals surface area contributed by atoms with Gasteiger partial charge in [0.2, 0.25) is 0 Å². The van der Waals surface area contributed by atoms with Crippen LogP contribution < -0.4 is 5.32 Å². The molecule has 0 amide bonds. The lowest BCUT2D eigenvalue weighted by atomic mass is 10.0. The van der Waals surface area contributed by atoms with E-state index in [1.807, 2.05) is 13.1 Å². The molecule has 1 aromatic rings. The fourth-order valence-corrected chi connectivity index (χ4v) is 2.13. The lowest BCUT2D eigenvalue weighted by Gasteiger charge is -2.23. The second kappa shape index (κ2) is 8.27. The third-order valence-corrected chi connectivity index (χ3v) is 3.46. The summed E-state index contributed by atoms with van der Waals surface area (Å²) < 4.78 is 5.37. The van der Waals surface area contributed by atoms with Gasteiger partial charge in [-0.2, -0.15) is 0 Å². The van der Waals surface area contributed by atoms with Crippen molar-refractivity contribution < 1.29 is 4.52 Å². The number of aromatic nitrogens is 1. The molecule has 0 radical (unpaired) electrons. The quantitative estimate of drug-likeness (QED) is 0.734. The minimum atomic E-state index is 0.766. The second-order valence-electron chi connectivity index (χ2n) is 4.83. The van der Waals surface area contributed by atoms with Gasteiger partial charge in [0, 0.05) is 19.2 Å². The average molecular weight is 253 g/mol. The van der Waals surface area contributed by atoms with E-state index in [4.69, 9.17) is 4.52 Å². The monoisotopic (exact) mass is 253 g/mol. The van der Waals surface area contributed by atoms with Crippen molar-refractivity contribution in [3.05, 3.63) is 17.5 Å². The largest absolute Gasteiger partial charge is 0.360 e. The summed E-state index contributed by atoms with van der Waals surface area (Å²) in [6, 6.07) is 2.05. The van der Waals surface area contributed by atoms with E-state index in [0.29, 0.717) is 0 Å². The zero-order valence-electron chi connectivity index (χ0n) is 12.2. The molecule has 0 saturated carbocycles. The second-order valence-corrected chi connectivity index (χ2v) is 4.83. The van der Waals surface area contributed by atoms with E-state index in [1.165, 1.54) is 12.8 Å². The first-order chi connectivity index (χ1) is 8.73. The molecular weight excluding hydrogens is 226 g/mol. The first-order valence-electron chi connectivity index (χ1n) is 7.04. The van der Waals surface area contributed by atoms with Crippen LogP contribution >= 0.6 is 0 Å². The summed E-state index contributed by atoms with van der Waals surface area (Å²) in [4.78, 5) is 2.43. The highest BCUT2D eigenvalue weighted by atomic mass is 16.5. The van der Waals surface area contributed by atoms with E-state index in [0.717, 1.165) is 43.6 Å². The molecular formula is C14H27N3O. The van der Waals surface area contributed by atoms with E-state index in [1.54, 1.807) is 0 Å². The Morgan fingerprint density at radius 2 is 2.06 bits per heavy atom. The van der Waals surface area contributed by atoms with Crippen LogP contribution in [0.1, 0.15) is 45.1 Å². The van der Waals surface area contributed by atoms with Gasteiger partial charge in [-0.25, -0.2) is 0 Å². The van der Waals surface area contributed by atoms with E-state index in [2.05, 4.69) is 36.1 Å². The Kier molecular flexibility index (Phi) is 6.98. The smallest absolute Gasteiger partial charge is 0.151 e. The zero-order valence-corrected chi connectivity index (χ0v) is 12.2. The highest BCUT2D eigenvalue weighted by Crippen LogP contribution is 2.13. The number of nitrogens with one attached hydrogen (secondary N) is 1. The maximum Gasteiger partial charge on any atom is 0.151 e. The molecule has 1 aromatic heterocycles. The molecule has 1 heterocycles. The van der Waals surface area contributed by atoms with E-state index < -0.39 is 0 Å². The van der Waals surface area contributed by atoms with Crippen molar-refractivity contribution in [3.8, 4) is 0 Å². The lowest BCUT2D eigenvalue weighted by molar-refractivity contribution is 0.202. The molecule has 0 fully saturated rings. The van der Waals surface area contributed by atoms with Crippen LogP contribution in [0.25, 0.3) is 0 Å². The minimum absolute atomic E-state index is 0.766. The van der Waals surface area contributed by atoms with Crippen molar-refractivity contribution in [2.24, 2.45) is 5.92 Å². The Bertz CT molecular complexity index is 321. The highest BCUT2D eigenvalue weighted by Gasteiger charge is 2.13. The Balaban J connectivity index is 2.50. The summed E-state index contributed by atoms with van der Waals surface area (Å²) in [7, 11) is 1.92. The van der Waals surface area contributed by atoms with Gasteiger partial charge < -0.3 is 9.84 Å². The molecule has 104 valence electrons. The van der Waals surface area contributed by atoms with Crippen LogP contribution in [0, 0.1) is 5.92 Å². The summed E-state index contributed by atoms with van der Waals surface area (Å²) in [5.74, 6) is 1.75. The van der Waals surface area contributed by atoms with Crippen LogP contribution in [0.4, 0.5) is 0 Å². The Morgan fingerprint density at radius 1 is 1.33 bits per heavy atom. The molecule has 18 heavy (non-hydrogen) atoms. The van der Waals surface area contributed by atoms with Gasteiger partial charge in [-0.05, 0) is 19.5 Å². The standard InChI is InChI=1S/C14H27N3O/c1-5-12(6-2)10-17(7-3)11-14-8-13(9-15-4)16-18-14/h8,12,15H,5-7,9-11H2,1-4H3. The Labute approximate surface area is 111 Å². The number of hydrogen-bond acceptors (Lipinski definition) is 4. The van der Waals surface area contributed by atoms with Crippen LogP contribution in [0.15, 0.2) is 10.6 Å². The third-order valence-electron chi connectivity index (χ3n) is 3.46. The van der Waals surface area contributed by atoms with Crippen LogP contribution in [-0.4, -0.2) is 30.2 Å². The van der Waals surface area contributed by atoms with Crippen molar-refractivity contribution >= 4 is 0 Å². The Hall–Kier alpha value is -0.870. The van der Waals surface area contributed by atoms with Gasteiger partial charge >= 0.3 is 0 Å². The molecule has 0 bridgehead atoms. The van der Waals surface area contributed by atoms with Gasteiger partial charge in [0.25, 0.3) is 0 Å². The van der Waals surface area contributed by atoms with E-state index in [-0.39, 0.29) is 0 Å². The summed E-state index contributed by atoms with van der Waals surface area (Å²) in [5.41, 5.74) is 0.978. The fourth-order valence-electron chi connectivity index (χ4n) is 2.13. The summed E-state index contributed by atoms with van der Waals surface area (Å²) in [6.45, 7) is 10.6. The molecule has 0 aromatic carbocycles. The molecule has 4 heteroatoms. The first kappa shape index (κ1) is 15.2. The van der Waals surface area contributed by atoms with Crippen molar-refractivity contribution in [2.75, 3.05) is 20.1 Å². The van der Waals surface area contributed by atoms with E-state index >= 15 is 0 Å². The normalized spacial score (nSPS) is 11.7.